The summed E-state index contributed by atoms with van der Waals surface area (Å²) in [5.74, 6) is -1.32. The molecule has 1 atom stereocenters. The number of carboxylic acids is 1. The molecule has 0 fully saturated rings. The normalized spacial score (nSPS) is 13.1. The van der Waals surface area contributed by atoms with Gasteiger partial charge in [-0.25, -0.2) is 9.18 Å². The second kappa shape index (κ2) is 5.82. The van der Waals surface area contributed by atoms with Crippen LogP contribution in [-0.4, -0.2) is 29.8 Å². The molecule has 5 heteroatoms. The number of ether oxygens (including phenoxy) is 1. The van der Waals surface area contributed by atoms with Crippen molar-refractivity contribution < 1.29 is 19.0 Å². The number of hydrogen-bond donors (Lipinski definition) is 2. The average Bonchev–Trinajstić information content (AvgIpc) is 2.31. The number of hydrogen-bond acceptors (Lipinski definition) is 3. The number of nitrogens with one attached hydrogen (secondary N) is 1. The average molecular weight is 255 g/mol. The molecule has 0 aromatic heterocycles. The zero-order valence-electron chi connectivity index (χ0n) is 10.7. The number of halogens is 1. The molecule has 0 aliphatic rings. The van der Waals surface area contributed by atoms with Gasteiger partial charge in [0.05, 0.1) is 5.60 Å². The lowest BCUT2D eigenvalue weighted by atomic mass is 9.98. The minimum atomic E-state index is -0.968. The van der Waals surface area contributed by atoms with Crippen LogP contribution in [0.2, 0.25) is 0 Å². The van der Waals surface area contributed by atoms with Crippen molar-refractivity contribution in [3.05, 3.63) is 30.1 Å². The van der Waals surface area contributed by atoms with Gasteiger partial charge in [-0.1, -0.05) is 0 Å². The molecule has 1 rings (SSSR count). The Morgan fingerprint density at radius 1 is 1.44 bits per heavy atom. The van der Waals surface area contributed by atoms with Crippen LogP contribution < -0.4 is 5.32 Å². The molecule has 0 amide bonds. The van der Waals surface area contributed by atoms with Crippen LogP contribution >= 0.6 is 0 Å². The van der Waals surface area contributed by atoms with Gasteiger partial charge in [0.15, 0.2) is 0 Å². The van der Waals surface area contributed by atoms with Gasteiger partial charge < -0.3 is 15.2 Å². The molecule has 0 saturated heterocycles. The van der Waals surface area contributed by atoms with Crippen molar-refractivity contribution in [1.29, 1.82) is 0 Å². The molecule has 1 aromatic carbocycles. The number of aliphatic carboxylic acids is 1. The Hall–Kier alpha value is -1.62. The van der Waals surface area contributed by atoms with Crippen LogP contribution in [0.5, 0.6) is 0 Å². The van der Waals surface area contributed by atoms with Crippen molar-refractivity contribution in [3.8, 4) is 0 Å². The Morgan fingerprint density at radius 2 is 2.00 bits per heavy atom. The predicted molar refractivity (Wildman–Crippen MR) is 67.2 cm³/mol. The highest BCUT2D eigenvalue weighted by molar-refractivity contribution is 5.77. The molecule has 0 aliphatic heterocycles. The minimum absolute atomic E-state index is 0.302. The van der Waals surface area contributed by atoms with Crippen molar-refractivity contribution in [3.63, 3.8) is 0 Å². The lowest BCUT2D eigenvalue weighted by Gasteiger charge is -2.27. The highest BCUT2D eigenvalue weighted by Crippen LogP contribution is 2.19. The number of anilines is 1. The first-order valence-corrected chi connectivity index (χ1v) is 5.64. The van der Waals surface area contributed by atoms with Gasteiger partial charge in [0, 0.05) is 19.2 Å². The summed E-state index contributed by atoms with van der Waals surface area (Å²) in [7, 11) is 1.54. The third-order valence-corrected chi connectivity index (χ3v) is 2.73. The molecule has 0 spiro atoms. The SMILES string of the molecule is COC(C)(C)CC(Nc1ccc(F)cc1)C(=O)O. The number of methoxy groups -OCH3 is 1. The Balaban J connectivity index is 2.75. The maximum absolute atomic E-state index is 12.7. The first kappa shape index (κ1) is 14.4. The van der Waals surface area contributed by atoms with Crippen LogP contribution in [0.15, 0.2) is 24.3 Å². The Labute approximate surface area is 106 Å². The first-order chi connectivity index (χ1) is 8.34. The summed E-state index contributed by atoms with van der Waals surface area (Å²) in [6.45, 7) is 3.63. The van der Waals surface area contributed by atoms with Gasteiger partial charge in [-0.2, -0.15) is 0 Å². The third kappa shape index (κ3) is 4.33. The molecule has 2 N–H and O–H groups in total. The van der Waals surface area contributed by atoms with Crippen LogP contribution in [-0.2, 0) is 9.53 Å². The quantitative estimate of drug-likeness (QED) is 0.820. The van der Waals surface area contributed by atoms with E-state index in [0.29, 0.717) is 12.1 Å². The third-order valence-electron chi connectivity index (χ3n) is 2.73. The summed E-state index contributed by atoms with van der Waals surface area (Å²) in [6, 6.07) is 4.78. The van der Waals surface area contributed by atoms with Gasteiger partial charge in [0.25, 0.3) is 0 Å². The van der Waals surface area contributed by atoms with E-state index in [1.165, 1.54) is 31.4 Å². The van der Waals surface area contributed by atoms with E-state index in [9.17, 15) is 9.18 Å². The van der Waals surface area contributed by atoms with E-state index in [4.69, 9.17) is 9.84 Å². The number of carboxylic acid groups (broad SMARTS) is 1. The zero-order chi connectivity index (χ0) is 13.8. The molecule has 0 bridgehead atoms. The molecule has 0 heterocycles. The van der Waals surface area contributed by atoms with Crippen LogP contribution in [0.1, 0.15) is 20.3 Å². The van der Waals surface area contributed by atoms with Gasteiger partial charge in [-0.3, -0.25) is 0 Å². The van der Waals surface area contributed by atoms with Crippen molar-refractivity contribution in [1.82, 2.24) is 0 Å². The monoisotopic (exact) mass is 255 g/mol. The highest BCUT2D eigenvalue weighted by atomic mass is 19.1. The largest absolute Gasteiger partial charge is 0.480 e. The molecule has 0 radical (unpaired) electrons. The standard InChI is InChI=1S/C13H18FNO3/c1-13(2,18-3)8-11(12(16)17)15-10-6-4-9(14)5-7-10/h4-7,11,15H,8H2,1-3H3,(H,16,17). The Morgan fingerprint density at radius 3 is 2.44 bits per heavy atom. The van der Waals surface area contributed by atoms with E-state index < -0.39 is 17.6 Å². The maximum Gasteiger partial charge on any atom is 0.326 e. The Kier molecular flexibility index (Phi) is 4.67. The maximum atomic E-state index is 12.7. The summed E-state index contributed by atoms with van der Waals surface area (Å²) in [6.07, 6.45) is 0.302. The topological polar surface area (TPSA) is 58.6 Å². The van der Waals surface area contributed by atoms with E-state index in [-0.39, 0.29) is 5.82 Å². The minimum Gasteiger partial charge on any atom is -0.480 e. The summed E-state index contributed by atoms with van der Waals surface area (Å²) in [5, 5.41) is 12.0. The zero-order valence-corrected chi connectivity index (χ0v) is 10.7. The highest BCUT2D eigenvalue weighted by Gasteiger charge is 2.27. The molecule has 100 valence electrons. The summed E-state index contributed by atoms with van der Waals surface area (Å²) in [5.41, 5.74) is 0.0199. The van der Waals surface area contributed by atoms with E-state index in [1.807, 2.05) is 13.8 Å². The first-order valence-electron chi connectivity index (χ1n) is 5.64. The number of carbonyl (C=O) groups is 1. The molecule has 0 saturated carbocycles. The van der Waals surface area contributed by atoms with Gasteiger partial charge in [-0.05, 0) is 38.1 Å². The fourth-order valence-corrected chi connectivity index (χ4v) is 1.52. The van der Waals surface area contributed by atoms with Gasteiger partial charge in [0.2, 0.25) is 0 Å². The van der Waals surface area contributed by atoms with Gasteiger partial charge in [-0.15, -0.1) is 0 Å². The lowest BCUT2D eigenvalue weighted by molar-refractivity contribution is -0.139. The van der Waals surface area contributed by atoms with Crippen molar-refractivity contribution >= 4 is 11.7 Å². The lowest BCUT2D eigenvalue weighted by Crippen LogP contribution is -2.38. The van der Waals surface area contributed by atoms with Crippen LogP contribution in [0, 0.1) is 5.82 Å². The van der Waals surface area contributed by atoms with Crippen LogP contribution in [0.3, 0.4) is 0 Å². The van der Waals surface area contributed by atoms with Gasteiger partial charge in [0.1, 0.15) is 11.9 Å². The van der Waals surface area contributed by atoms with Crippen LogP contribution in [0.25, 0.3) is 0 Å². The summed E-state index contributed by atoms with van der Waals surface area (Å²) >= 11 is 0. The molecular formula is C13H18FNO3. The molecule has 4 nitrogen and oxygen atoms in total. The second-order valence-corrected chi connectivity index (χ2v) is 4.71. The van der Waals surface area contributed by atoms with Crippen molar-refractivity contribution in [2.75, 3.05) is 12.4 Å². The van der Waals surface area contributed by atoms with E-state index >= 15 is 0 Å². The van der Waals surface area contributed by atoms with E-state index in [2.05, 4.69) is 5.32 Å². The van der Waals surface area contributed by atoms with Gasteiger partial charge >= 0.3 is 5.97 Å². The number of rotatable bonds is 6. The summed E-state index contributed by atoms with van der Waals surface area (Å²) < 4.78 is 18.0. The number of benzene rings is 1. The Bertz CT molecular complexity index is 403. The fourth-order valence-electron chi connectivity index (χ4n) is 1.52. The van der Waals surface area contributed by atoms with Crippen molar-refractivity contribution in [2.24, 2.45) is 0 Å². The molecule has 0 aliphatic carbocycles. The van der Waals surface area contributed by atoms with Crippen molar-refractivity contribution in [2.45, 2.75) is 31.9 Å². The summed E-state index contributed by atoms with van der Waals surface area (Å²) in [4.78, 5) is 11.2. The molecule has 1 unspecified atom stereocenters. The second-order valence-electron chi connectivity index (χ2n) is 4.71. The predicted octanol–water partition coefficient (Wildman–Crippen LogP) is 2.51. The van der Waals surface area contributed by atoms with E-state index in [1.54, 1.807) is 0 Å². The fraction of sp³-hybridized carbons (Fsp3) is 0.462. The smallest absolute Gasteiger partial charge is 0.326 e. The molecule has 18 heavy (non-hydrogen) atoms. The van der Waals surface area contributed by atoms with Crippen LogP contribution in [0.4, 0.5) is 10.1 Å². The molecule has 1 aromatic rings. The molecular weight excluding hydrogens is 237 g/mol. The van der Waals surface area contributed by atoms with E-state index in [0.717, 1.165) is 0 Å².